The highest BCUT2D eigenvalue weighted by atomic mass is 28.4. The van der Waals surface area contributed by atoms with Gasteiger partial charge in [0.25, 0.3) is 0 Å². The van der Waals surface area contributed by atoms with Gasteiger partial charge in [-0.05, 0) is 24.0 Å². The van der Waals surface area contributed by atoms with Crippen LogP contribution in [0, 0.1) is 6.92 Å². The van der Waals surface area contributed by atoms with E-state index in [9.17, 15) is 4.79 Å². The highest BCUT2D eigenvalue weighted by molar-refractivity contribution is 6.76. The zero-order valence-electron chi connectivity index (χ0n) is 16.0. The van der Waals surface area contributed by atoms with Gasteiger partial charge >= 0.3 is 14.5 Å². The van der Waals surface area contributed by atoms with E-state index in [0.29, 0.717) is 11.5 Å². The molecule has 0 atom stereocenters. The van der Waals surface area contributed by atoms with E-state index in [1.165, 1.54) is 0 Å². The molecule has 23 heavy (non-hydrogen) atoms. The average molecular weight is 335 g/mol. The summed E-state index contributed by atoms with van der Waals surface area (Å²) in [5, 5.41) is -0.451. The Morgan fingerprint density at radius 2 is 1.48 bits per heavy atom. The van der Waals surface area contributed by atoms with Crippen LogP contribution < -0.4 is 4.43 Å². The second kappa shape index (κ2) is 5.37. The minimum absolute atomic E-state index is 0.220. The van der Waals surface area contributed by atoms with Gasteiger partial charge in [0.2, 0.25) is 0 Å². The summed E-state index contributed by atoms with van der Waals surface area (Å²) in [6.45, 7) is 18.9. The summed E-state index contributed by atoms with van der Waals surface area (Å²) in [6, 6.07) is 4.07. The lowest BCUT2D eigenvalue weighted by Gasteiger charge is -2.50. The first-order chi connectivity index (χ1) is 10.3. The first kappa shape index (κ1) is 18.1. The normalized spacial score (nSPS) is 17.6. The molecule has 1 aliphatic rings. The maximum atomic E-state index is 12.9. The molecule has 0 unspecified atom stereocenters. The third kappa shape index (κ3) is 2.71. The molecule has 0 aromatic heterocycles. The topological polar surface area (TPSA) is 35.5 Å². The molecule has 0 bridgehead atoms. The quantitative estimate of drug-likeness (QED) is 0.617. The number of carbonyl (C=O) groups is 1. The maximum absolute atomic E-state index is 12.9. The number of benzene rings is 1. The molecule has 0 spiro atoms. The van der Waals surface area contributed by atoms with Crippen molar-refractivity contribution in [2.24, 2.45) is 0 Å². The number of rotatable bonds is 1. The molecule has 0 saturated heterocycles. The third-order valence-electron chi connectivity index (χ3n) is 4.68. The first-order valence-corrected chi connectivity index (χ1v) is 10.2. The van der Waals surface area contributed by atoms with Gasteiger partial charge in [-0.25, -0.2) is 4.79 Å². The lowest BCUT2D eigenvalue weighted by Crippen LogP contribution is -2.62. The van der Waals surface area contributed by atoms with Gasteiger partial charge in [0, 0.05) is 10.1 Å². The molecular weight excluding hydrogens is 304 g/mol. The Morgan fingerprint density at radius 3 is 1.91 bits per heavy atom. The number of carbonyl (C=O) groups excluding carboxylic acids is 1. The Bertz CT molecular complexity index is 619. The van der Waals surface area contributed by atoms with Crippen LogP contribution in [-0.2, 0) is 4.43 Å². The second-order valence-corrected chi connectivity index (χ2v) is 13.6. The number of aryl methyl sites for hydroxylation is 1. The Kier molecular flexibility index (Phi) is 4.21. The monoisotopic (exact) mass is 334 g/mol. The zero-order valence-corrected chi connectivity index (χ0v) is 17.0. The molecule has 1 heterocycles. The summed E-state index contributed by atoms with van der Waals surface area (Å²) in [5.74, 6) is 0.831. The summed E-state index contributed by atoms with van der Waals surface area (Å²) in [7, 11) is -2.85. The van der Waals surface area contributed by atoms with Crippen molar-refractivity contribution in [3.8, 4) is 5.75 Å². The average Bonchev–Trinajstić information content (AvgIpc) is 2.35. The van der Waals surface area contributed by atoms with Gasteiger partial charge in [-0.2, -0.15) is 0 Å². The van der Waals surface area contributed by atoms with E-state index in [1.807, 2.05) is 13.0 Å². The lowest BCUT2D eigenvalue weighted by atomic mass is 9.96. The van der Waals surface area contributed by atoms with E-state index in [4.69, 9.17) is 8.85 Å². The minimum Gasteiger partial charge on any atom is -0.510 e. The van der Waals surface area contributed by atoms with Crippen LogP contribution in [0.15, 0.2) is 12.1 Å². The molecular formula is C19H30O3Si. The molecule has 0 radical (unpaired) electrons. The minimum atomic E-state index is -2.85. The van der Waals surface area contributed by atoms with Crippen LogP contribution in [0.25, 0.3) is 0 Å². The van der Waals surface area contributed by atoms with Crippen LogP contribution in [0.3, 0.4) is 0 Å². The predicted octanol–water partition coefficient (Wildman–Crippen LogP) is 5.71. The highest BCUT2D eigenvalue weighted by Crippen LogP contribution is 2.55. The van der Waals surface area contributed by atoms with Crippen LogP contribution in [0.2, 0.25) is 10.1 Å². The summed E-state index contributed by atoms with van der Waals surface area (Å²) >= 11 is 0. The van der Waals surface area contributed by atoms with Crippen molar-refractivity contribution < 1.29 is 13.6 Å². The predicted molar refractivity (Wildman–Crippen MR) is 96.5 cm³/mol. The van der Waals surface area contributed by atoms with Crippen molar-refractivity contribution in [2.75, 3.05) is 0 Å². The lowest BCUT2D eigenvalue weighted by molar-refractivity contribution is 0.0602. The third-order valence-corrected chi connectivity index (χ3v) is 9.59. The Labute approximate surface area is 141 Å². The van der Waals surface area contributed by atoms with Crippen LogP contribution in [-0.4, -0.2) is 14.5 Å². The molecule has 1 aromatic rings. The fourth-order valence-electron chi connectivity index (χ4n) is 3.60. The van der Waals surface area contributed by atoms with E-state index < -0.39 is 8.56 Å². The summed E-state index contributed by atoms with van der Waals surface area (Å²) < 4.78 is 12.8. The summed E-state index contributed by atoms with van der Waals surface area (Å²) in [5.41, 5.74) is 2.61. The maximum Gasteiger partial charge on any atom is 0.473 e. The SMILES string of the molecule is Cc1ccc(C(C)C)c2c1C(=O)O[Si](C(C)(C)C)(C(C)(C)C)O2. The van der Waals surface area contributed by atoms with E-state index in [1.54, 1.807) is 0 Å². The van der Waals surface area contributed by atoms with E-state index in [-0.39, 0.29) is 16.0 Å². The Balaban J connectivity index is 2.77. The molecule has 0 N–H and O–H groups in total. The van der Waals surface area contributed by atoms with E-state index in [0.717, 1.165) is 16.9 Å². The molecule has 128 valence electrons. The number of hydrogen-bond acceptors (Lipinski definition) is 3. The van der Waals surface area contributed by atoms with E-state index >= 15 is 0 Å². The molecule has 0 aliphatic carbocycles. The Hall–Kier alpha value is -1.29. The molecule has 4 heteroatoms. The van der Waals surface area contributed by atoms with Crippen molar-refractivity contribution in [2.45, 2.75) is 78.3 Å². The van der Waals surface area contributed by atoms with Crippen molar-refractivity contribution >= 4 is 14.5 Å². The molecule has 0 fully saturated rings. The fraction of sp³-hybridized carbons (Fsp3) is 0.632. The largest absolute Gasteiger partial charge is 0.510 e. The highest BCUT2D eigenvalue weighted by Gasteiger charge is 2.65. The van der Waals surface area contributed by atoms with Crippen molar-refractivity contribution in [3.63, 3.8) is 0 Å². The van der Waals surface area contributed by atoms with Crippen molar-refractivity contribution in [1.29, 1.82) is 0 Å². The van der Waals surface area contributed by atoms with Gasteiger partial charge in [-0.1, -0.05) is 67.5 Å². The van der Waals surface area contributed by atoms with Crippen LogP contribution in [0.5, 0.6) is 5.75 Å². The molecule has 2 rings (SSSR count). The van der Waals surface area contributed by atoms with Gasteiger partial charge in [0.05, 0.1) is 0 Å². The molecule has 3 nitrogen and oxygen atoms in total. The molecule has 0 amide bonds. The van der Waals surface area contributed by atoms with Crippen LogP contribution >= 0.6 is 0 Å². The van der Waals surface area contributed by atoms with Crippen molar-refractivity contribution in [1.82, 2.24) is 0 Å². The van der Waals surface area contributed by atoms with Gasteiger partial charge in [-0.3, -0.25) is 0 Å². The molecule has 0 saturated carbocycles. The molecule has 1 aromatic carbocycles. The summed E-state index contributed by atoms with van der Waals surface area (Å²) in [4.78, 5) is 12.9. The van der Waals surface area contributed by atoms with Gasteiger partial charge in [0.15, 0.2) is 0 Å². The fourth-order valence-corrected chi connectivity index (χ4v) is 7.99. The number of fused-ring (bicyclic) bond motifs is 1. The first-order valence-electron chi connectivity index (χ1n) is 8.37. The van der Waals surface area contributed by atoms with Gasteiger partial charge < -0.3 is 8.85 Å². The standard InChI is InChI=1S/C19H30O3Si/c1-12(2)14-11-10-13(3)15-16(14)21-23(18(4,5)6,19(7,8)9)22-17(15)20/h10-12H,1-9H3. The molecule has 1 aliphatic heterocycles. The van der Waals surface area contributed by atoms with Gasteiger partial charge in [0.1, 0.15) is 11.3 Å². The van der Waals surface area contributed by atoms with Crippen LogP contribution in [0.1, 0.15) is 82.8 Å². The Morgan fingerprint density at radius 1 is 0.957 bits per heavy atom. The number of hydrogen-bond donors (Lipinski definition) is 0. The van der Waals surface area contributed by atoms with Gasteiger partial charge in [-0.15, -0.1) is 0 Å². The second-order valence-electron chi connectivity index (χ2n) is 8.94. The van der Waals surface area contributed by atoms with Crippen LogP contribution in [0.4, 0.5) is 0 Å². The zero-order chi connectivity index (χ0) is 17.8. The van der Waals surface area contributed by atoms with E-state index in [2.05, 4.69) is 61.5 Å². The summed E-state index contributed by atoms with van der Waals surface area (Å²) in [6.07, 6.45) is 0. The van der Waals surface area contributed by atoms with Crippen molar-refractivity contribution in [3.05, 3.63) is 28.8 Å². The smallest absolute Gasteiger partial charge is 0.473 e.